The van der Waals surface area contributed by atoms with Gasteiger partial charge in [-0.2, -0.15) is 0 Å². The number of hydrogen-bond donors (Lipinski definition) is 0. The molecule has 0 spiro atoms. The van der Waals surface area contributed by atoms with Gasteiger partial charge in [0.2, 0.25) is 0 Å². The molecule has 35 heteroatoms. The van der Waals surface area contributed by atoms with Crippen LogP contribution in [0.15, 0.2) is 303 Å². The minimum atomic E-state index is -4.91. The summed E-state index contributed by atoms with van der Waals surface area (Å²) in [6.07, 6.45) is 0. The Kier molecular flexibility index (Phi) is 37.5. The van der Waals surface area contributed by atoms with Gasteiger partial charge in [-0.05, 0) is 223 Å². The highest BCUT2D eigenvalue weighted by Gasteiger charge is 2.68. The van der Waals surface area contributed by atoms with Gasteiger partial charge in [-0.25, -0.2) is 0 Å². The smallest absolute Gasteiger partial charge is 0.437 e. The molecule has 10 aromatic rings. The highest BCUT2D eigenvalue weighted by molar-refractivity contribution is 7.15. The summed E-state index contributed by atoms with van der Waals surface area (Å²) in [6.45, 7) is 52.9. The van der Waals surface area contributed by atoms with Crippen LogP contribution in [0.2, 0.25) is 142 Å². The number of hydrogen-bond acceptors (Lipinski definition) is 19. The summed E-state index contributed by atoms with van der Waals surface area (Å²) in [7, 11) is -58.6. The molecule has 129 heavy (non-hydrogen) atoms. The topological polar surface area (TPSA) is 175 Å². The SMILES string of the molecule is CCO[Si](CC[Si](C)(O[Si](C)(C)C)O[Si](C)(CC[Si](OCC)(OCC)OCC)O[Si](O[Si](O[Si](O[Si](O[Si](O[Si](C)(C)O[Si](C)(C)O[Si](C)(C)O[Si](C)(C)O[Si](C)(C)O[Si](C)(C)C)(c1ccccc1)c1ccccc1)(c1ccccc1)c1ccccc1)(c1ccccc1)c1ccccc1)(c1ccccc1)c1ccccc1)(c1ccccc1)c1ccccc1)(OCC)OCC. The predicted molar refractivity (Wildman–Crippen MR) is 561 cm³/mol. The minimum Gasteiger partial charge on any atom is -0.437 e. The second-order valence-electron chi connectivity index (χ2n) is 36.5. The van der Waals surface area contributed by atoms with E-state index in [0.29, 0.717) is 63.8 Å². The maximum atomic E-state index is 9.57. The van der Waals surface area contributed by atoms with Crippen molar-refractivity contribution in [3.05, 3.63) is 303 Å². The molecule has 0 aliphatic carbocycles. The zero-order valence-corrected chi connectivity index (χ0v) is 96.7. The maximum Gasteiger partial charge on any atom is 0.500 e. The largest absolute Gasteiger partial charge is 0.500 e. The van der Waals surface area contributed by atoms with E-state index in [2.05, 4.69) is 361 Å². The monoisotopic (exact) mass is 2020 g/mol. The van der Waals surface area contributed by atoms with Gasteiger partial charge in [-0.3, -0.25) is 0 Å². The first kappa shape index (κ1) is 106. The van der Waals surface area contributed by atoms with Crippen LogP contribution in [0.4, 0.5) is 0 Å². The van der Waals surface area contributed by atoms with Crippen molar-refractivity contribution in [2.24, 2.45) is 0 Å². The molecule has 0 bridgehead atoms. The second-order valence-corrected chi connectivity index (χ2v) is 92.5. The van der Waals surface area contributed by atoms with Crippen LogP contribution in [0.5, 0.6) is 0 Å². The summed E-state index contributed by atoms with van der Waals surface area (Å²) in [5, 5.41) is 7.86. The normalized spacial score (nSPS) is 14.4. The minimum absolute atomic E-state index is 0.313. The highest BCUT2D eigenvalue weighted by Crippen LogP contribution is 2.40. The first-order chi connectivity index (χ1) is 61.0. The van der Waals surface area contributed by atoms with Crippen molar-refractivity contribution in [1.82, 2.24) is 0 Å². The Balaban J connectivity index is 1.32. The van der Waals surface area contributed by atoms with Crippen molar-refractivity contribution in [2.45, 2.75) is 184 Å². The fourth-order valence-corrected chi connectivity index (χ4v) is 98.5. The molecule has 2 unspecified atom stereocenters. The van der Waals surface area contributed by atoms with Crippen molar-refractivity contribution in [3.63, 3.8) is 0 Å². The van der Waals surface area contributed by atoms with Gasteiger partial charge >= 0.3 is 120 Å². The van der Waals surface area contributed by atoms with Crippen molar-refractivity contribution in [1.29, 1.82) is 0 Å². The van der Waals surface area contributed by atoms with Gasteiger partial charge in [0.05, 0.1) is 0 Å². The summed E-state index contributed by atoms with van der Waals surface area (Å²) in [5.41, 5.74) is 0. The van der Waals surface area contributed by atoms with Crippen molar-refractivity contribution in [2.75, 3.05) is 39.6 Å². The molecule has 0 aliphatic heterocycles. The molecule has 0 radical (unpaired) electrons. The van der Waals surface area contributed by atoms with E-state index < -0.39 is 137 Å². The molecule has 0 heterocycles. The molecule has 0 aliphatic rings. The number of benzene rings is 10. The van der Waals surface area contributed by atoms with Gasteiger partial charge in [0, 0.05) is 51.7 Å². The molecule has 19 nitrogen and oxygen atoms in total. The zero-order chi connectivity index (χ0) is 93.6. The molecule has 696 valence electrons. The third kappa shape index (κ3) is 28.5. The summed E-state index contributed by atoms with van der Waals surface area (Å²) in [4.78, 5) is 0. The third-order valence-corrected chi connectivity index (χ3v) is 84.2. The van der Waals surface area contributed by atoms with E-state index in [-0.39, 0.29) is 0 Å². The van der Waals surface area contributed by atoms with Crippen molar-refractivity contribution >= 4 is 189 Å². The predicted octanol–water partition coefficient (Wildman–Crippen LogP) is 16.9. The molecule has 0 amide bonds. The van der Waals surface area contributed by atoms with Crippen LogP contribution >= 0.6 is 0 Å². The average molecular weight is 2030 g/mol. The van der Waals surface area contributed by atoms with Gasteiger partial charge in [0.1, 0.15) is 0 Å². The van der Waals surface area contributed by atoms with E-state index in [9.17, 15) is 16.5 Å². The lowest BCUT2D eigenvalue weighted by Gasteiger charge is -2.51. The molecule has 0 fully saturated rings. The molecule has 0 saturated heterocycles. The third-order valence-electron chi connectivity index (χ3n) is 20.9. The van der Waals surface area contributed by atoms with Crippen LogP contribution in [-0.4, -0.2) is 177 Å². The van der Waals surface area contributed by atoms with Crippen LogP contribution < -0.4 is 51.9 Å². The van der Waals surface area contributed by atoms with E-state index in [1.54, 1.807) is 0 Å². The van der Waals surface area contributed by atoms with Gasteiger partial charge < -0.3 is 80.1 Å². The van der Waals surface area contributed by atoms with Crippen LogP contribution in [0.1, 0.15) is 41.5 Å². The molecule has 0 N–H and O–H groups in total. The molecular weight excluding hydrogens is 1880 g/mol. The van der Waals surface area contributed by atoms with E-state index in [0.717, 1.165) is 51.9 Å². The van der Waals surface area contributed by atoms with Crippen molar-refractivity contribution < 1.29 is 80.1 Å². The van der Waals surface area contributed by atoms with Crippen molar-refractivity contribution in [3.8, 4) is 0 Å². The quantitative estimate of drug-likeness (QED) is 0.0329. The Morgan fingerprint density at radius 1 is 0.155 bits per heavy atom. The highest BCUT2D eigenvalue weighted by atomic mass is 28.5. The molecule has 10 rings (SSSR count). The first-order valence-electron chi connectivity index (χ1n) is 45.5. The maximum absolute atomic E-state index is 9.57. The second kappa shape index (κ2) is 45.7. The van der Waals surface area contributed by atoms with E-state index >= 15 is 0 Å². The Bertz CT molecular complexity index is 4750. The average Bonchev–Trinajstić information content (AvgIpc) is 0.701. The van der Waals surface area contributed by atoms with Crippen LogP contribution in [0.25, 0.3) is 0 Å². The molecule has 0 saturated carbocycles. The lowest BCUT2D eigenvalue weighted by molar-refractivity contribution is 0.0716. The summed E-state index contributed by atoms with van der Waals surface area (Å²) < 4.78 is 149. The summed E-state index contributed by atoms with van der Waals surface area (Å²) in [6, 6.07) is 107. The lowest BCUT2D eigenvalue weighted by atomic mass is 10.4. The van der Waals surface area contributed by atoms with E-state index in [4.69, 9.17) is 63.6 Å². The fraction of sp³-hybridized carbons (Fsp3) is 0.362. The Morgan fingerprint density at radius 3 is 0.488 bits per heavy atom. The Labute approximate surface area is 789 Å². The molecular formula is C94H142O19Si16. The van der Waals surface area contributed by atoms with Crippen LogP contribution in [0, 0.1) is 0 Å². The van der Waals surface area contributed by atoms with Crippen LogP contribution in [0.3, 0.4) is 0 Å². The van der Waals surface area contributed by atoms with Gasteiger partial charge in [0.25, 0.3) is 0 Å². The molecule has 10 aromatic carbocycles. The Morgan fingerprint density at radius 2 is 0.310 bits per heavy atom. The standard InChI is InChI=1S/C94H142O19Si16/c1-25-95-123(96-26-2,97-27-3)83-81-121(23,102-115(10,11)12)108-122(24,82-84-124(98-28-4,99-29-5)100-30-6)109-126(87-65-45-33-46-66-87,88-67-47-34-48-68-88)111-128(91-73-53-37-54-74-91,92-75-55-38-56-76-92)113-129(93-77-57-39-58-78-93,94-79-59-40-60-80-94)112-127(89-69-49-35-50-70-89,90-71-51-36-52-72-90)110-125(85-61-41-31-42-62-85,86-63-43-32-44-64-86)107-120(21,22)106-119(19,20)105-118(17,18)104-117(15,16)103-116(13,14)101-114(7,8)9/h31-80H,25-30,81-84H2,1-24H3. The van der Waals surface area contributed by atoms with Gasteiger partial charge in [0.15, 0.2) is 16.6 Å². The lowest BCUT2D eigenvalue weighted by Crippen LogP contribution is -2.85. The summed E-state index contributed by atoms with van der Waals surface area (Å²) >= 11 is 0. The fourth-order valence-electron chi connectivity index (χ4n) is 17.5. The molecule has 2 atom stereocenters. The molecule has 0 aromatic heterocycles. The van der Waals surface area contributed by atoms with E-state index in [1.807, 2.05) is 102 Å². The zero-order valence-electron chi connectivity index (χ0n) is 80.7. The number of rotatable bonds is 54. The first-order valence-corrected chi connectivity index (χ1v) is 84.4. The Hall–Kier alpha value is -5.09. The van der Waals surface area contributed by atoms with Gasteiger partial charge in [-0.15, -0.1) is 0 Å². The van der Waals surface area contributed by atoms with Crippen LogP contribution in [-0.2, 0) is 80.1 Å². The van der Waals surface area contributed by atoms with E-state index in [1.165, 1.54) is 0 Å². The summed E-state index contributed by atoms with van der Waals surface area (Å²) in [5.74, 6) is 0. The van der Waals surface area contributed by atoms with Gasteiger partial charge in [-0.1, -0.05) is 303 Å².